The number of halogens is 1. The van der Waals surface area contributed by atoms with E-state index in [0.29, 0.717) is 24.1 Å². The van der Waals surface area contributed by atoms with Gasteiger partial charge >= 0.3 is 5.97 Å². The molecule has 0 fully saturated rings. The number of carbonyl (C=O) groups is 2. The van der Waals surface area contributed by atoms with E-state index in [-0.39, 0.29) is 5.91 Å². The molecule has 2 unspecified atom stereocenters. The van der Waals surface area contributed by atoms with Crippen molar-refractivity contribution in [3.63, 3.8) is 0 Å². The molecule has 130 valence electrons. The quantitative estimate of drug-likeness (QED) is 0.808. The number of hydrogen-bond acceptors (Lipinski definition) is 2. The zero-order chi connectivity index (χ0) is 18.1. The van der Waals surface area contributed by atoms with Crippen LogP contribution in [-0.4, -0.2) is 17.0 Å². The summed E-state index contributed by atoms with van der Waals surface area (Å²) >= 11 is 0. The van der Waals surface area contributed by atoms with Gasteiger partial charge < -0.3 is 10.4 Å². The average Bonchev–Trinajstić information content (AvgIpc) is 2.48. The van der Waals surface area contributed by atoms with Gasteiger partial charge in [0.1, 0.15) is 5.67 Å². The van der Waals surface area contributed by atoms with E-state index in [9.17, 15) is 19.1 Å². The first-order valence-electron chi connectivity index (χ1n) is 8.08. The number of carboxylic acid groups (broad SMARTS) is 1. The summed E-state index contributed by atoms with van der Waals surface area (Å²) in [5.41, 5.74) is 1.53. The van der Waals surface area contributed by atoms with E-state index >= 15 is 0 Å². The second kappa shape index (κ2) is 6.75. The molecule has 2 N–H and O–H groups in total. The van der Waals surface area contributed by atoms with Crippen molar-refractivity contribution in [1.29, 1.82) is 0 Å². The first-order chi connectivity index (χ1) is 11.1. The third-order valence-electron chi connectivity index (χ3n) is 4.74. The Labute approximate surface area is 141 Å². The minimum absolute atomic E-state index is 0.330. The summed E-state index contributed by atoms with van der Waals surface area (Å²) < 4.78 is 14.1. The minimum atomic E-state index is -1.51. The molecule has 0 aliphatic heterocycles. The smallest absolute Gasteiger partial charge is 0.307 e. The number of hydrogen-bond donors (Lipinski definition) is 2. The molecule has 1 aromatic carbocycles. The van der Waals surface area contributed by atoms with Crippen molar-refractivity contribution < 1.29 is 19.1 Å². The second-order valence-electron chi connectivity index (χ2n) is 7.06. The molecule has 24 heavy (non-hydrogen) atoms. The number of aliphatic carboxylic acids is 1. The molecule has 0 spiro atoms. The SMILES string of the molecule is CC1=C(C)CC(C(=O)Nc2cccc(C(C)(C)F)c2)C(C(=O)O)C1. The highest BCUT2D eigenvalue weighted by Gasteiger charge is 2.37. The number of rotatable bonds is 4. The number of carboxylic acids is 1. The molecular formula is C19H24FNO3. The normalized spacial score (nSPS) is 21.5. The number of benzene rings is 1. The molecule has 0 radical (unpaired) electrons. The third-order valence-corrected chi connectivity index (χ3v) is 4.74. The zero-order valence-corrected chi connectivity index (χ0v) is 14.5. The highest BCUT2D eigenvalue weighted by molar-refractivity contribution is 5.95. The summed E-state index contributed by atoms with van der Waals surface area (Å²) in [4.78, 5) is 24.1. The lowest BCUT2D eigenvalue weighted by Gasteiger charge is -2.29. The van der Waals surface area contributed by atoms with Crippen molar-refractivity contribution in [2.24, 2.45) is 11.8 Å². The summed E-state index contributed by atoms with van der Waals surface area (Å²) in [7, 11) is 0. The lowest BCUT2D eigenvalue weighted by molar-refractivity contribution is -0.146. The van der Waals surface area contributed by atoms with Crippen molar-refractivity contribution in [3.05, 3.63) is 41.0 Å². The molecule has 0 saturated heterocycles. The van der Waals surface area contributed by atoms with E-state index in [4.69, 9.17) is 0 Å². The molecule has 0 bridgehead atoms. The summed E-state index contributed by atoms with van der Waals surface area (Å²) in [5.74, 6) is -2.63. The standard InChI is InChI=1S/C19H24FNO3/c1-11-8-15(16(18(23)24)9-12(11)2)17(22)21-14-7-5-6-13(10-14)19(3,4)20/h5-7,10,15-16H,8-9H2,1-4H3,(H,21,22)(H,23,24). The van der Waals surface area contributed by atoms with Crippen LogP contribution in [0.4, 0.5) is 10.1 Å². The van der Waals surface area contributed by atoms with Gasteiger partial charge in [-0.1, -0.05) is 23.3 Å². The Hall–Kier alpha value is -2.17. The van der Waals surface area contributed by atoms with Crippen LogP contribution in [0, 0.1) is 11.8 Å². The van der Waals surface area contributed by atoms with Gasteiger partial charge in [0.2, 0.25) is 5.91 Å². The van der Waals surface area contributed by atoms with Crippen LogP contribution in [0.3, 0.4) is 0 Å². The number of alkyl halides is 1. The van der Waals surface area contributed by atoms with E-state index in [0.717, 1.165) is 11.1 Å². The van der Waals surface area contributed by atoms with E-state index in [1.54, 1.807) is 24.3 Å². The molecule has 0 heterocycles. The van der Waals surface area contributed by atoms with E-state index < -0.39 is 23.5 Å². The number of carbonyl (C=O) groups excluding carboxylic acids is 1. The van der Waals surface area contributed by atoms with Crippen LogP contribution in [0.1, 0.15) is 46.1 Å². The van der Waals surface area contributed by atoms with Gasteiger partial charge in [0.15, 0.2) is 0 Å². The Bertz CT molecular complexity index is 688. The van der Waals surface area contributed by atoms with Crippen molar-refractivity contribution >= 4 is 17.6 Å². The molecule has 4 nitrogen and oxygen atoms in total. The van der Waals surface area contributed by atoms with Crippen molar-refractivity contribution in [1.82, 2.24) is 0 Å². The molecule has 0 saturated carbocycles. The molecule has 1 aliphatic rings. The summed E-state index contributed by atoms with van der Waals surface area (Å²) in [6.45, 7) is 6.74. The van der Waals surface area contributed by atoms with Gasteiger partial charge in [0.25, 0.3) is 0 Å². The molecule has 2 atom stereocenters. The van der Waals surface area contributed by atoms with Crippen LogP contribution in [0.2, 0.25) is 0 Å². The first kappa shape index (κ1) is 18.2. The zero-order valence-electron chi connectivity index (χ0n) is 14.5. The van der Waals surface area contributed by atoms with Gasteiger partial charge in [-0.3, -0.25) is 9.59 Å². The monoisotopic (exact) mass is 333 g/mol. The maximum Gasteiger partial charge on any atom is 0.307 e. The van der Waals surface area contributed by atoms with Crippen LogP contribution >= 0.6 is 0 Å². The number of amides is 1. The minimum Gasteiger partial charge on any atom is -0.481 e. The molecular weight excluding hydrogens is 309 g/mol. The fraction of sp³-hybridized carbons (Fsp3) is 0.474. The van der Waals surface area contributed by atoms with Crippen LogP contribution < -0.4 is 5.32 Å². The predicted octanol–water partition coefficient (Wildman–Crippen LogP) is 4.28. The van der Waals surface area contributed by atoms with Gasteiger partial charge in [0, 0.05) is 5.69 Å². The fourth-order valence-electron chi connectivity index (χ4n) is 3.03. The lowest BCUT2D eigenvalue weighted by Crippen LogP contribution is -2.36. The van der Waals surface area contributed by atoms with E-state index in [1.165, 1.54) is 13.8 Å². The lowest BCUT2D eigenvalue weighted by atomic mass is 9.76. The van der Waals surface area contributed by atoms with Crippen LogP contribution in [0.5, 0.6) is 0 Å². The highest BCUT2D eigenvalue weighted by atomic mass is 19.1. The van der Waals surface area contributed by atoms with Gasteiger partial charge in [-0.15, -0.1) is 0 Å². The third kappa shape index (κ3) is 4.02. The first-order valence-corrected chi connectivity index (χ1v) is 8.08. The van der Waals surface area contributed by atoms with Crippen LogP contribution in [-0.2, 0) is 15.3 Å². The fourth-order valence-corrected chi connectivity index (χ4v) is 3.03. The Morgan fingerprint density at radius 3 is 2.29 bits per heavy atom. The van der Waals surface area contributed by atoms with Crippen molar-refractivity contribution in [2.75, 3.05) is 5.32 Å². The predicted molar refractivity (Wildman–Crippen MR) is 91.4 cm³/mol. The number of nitrogens with one attached hydrogen (secondary N) is 1. The Balaban J connectivity index is 2.21. The summed E-state index contributed by atoms with van der Waals surface area (Å²) in [6, 6.07) is 6.60. The van der Waals surface area contributed by atoms with Gasteiger partial charge in [-0.25, -0.2) is 4.39 Å². The Morgan fingerprint density at radius 2 is 1.75 bits per heavy atom. The maximum absolute atomic E-state index is 14.1. The van der Waals surface area contributed by atoms with Crippen LogP contribution in [0.15, 0.2) is 35.4 Å². The highest BCUT2D eigenvalue weighted by Crippen LogP contribution is 2.35. The van der Waals surface area contributed by atoms with Crippen molar-refractivity contribution in [3.8, 4) is 0 Å². The van der Waals surface area contributed by atoms with E-state index in [1.807, 2.05) is 13.8 Å². The Morgan fingerprint density at radius 1 is 1.17 bits per heavy atom. The molecule has 1 amide bonds. The molecule has 1 aliphatic carbocycles. The number of allylic oxidation sites excluding steroid dienone is 2. The van der Waals surface area contributed by atoms with Gasteiger partial charge in [0.05, 0.1) is 11.8 Å². The van der Waals surface area contributed by atoms with Gasteiger partial charge in [-0.2, -0.15) is 0 Å². The largest absolute Gasteiger partial charge is 0.481 e. The van der Waals surface area contributed by atoms with Gasteiger partial charge in [-0.05, 0) is 58.2 Å². The molecule has 5 heteroatoms. The molecule has 2 rings (SSSR count). The number of anilines is 1. The van der Waals surface area contributed by atoms with E-state index in [2.05, 4.69) is 5.32 Å². The summed E-state index contributed by atoms with van der Waals surface area (Å²) in [5, 5.41) is 12.2. The molecule has 0 aromatic heterocycles. The summed E-state index contributed by atoms with van der Waals surface area (Å²) in [6.07, 6.45) is 0.819. The molecule has 1 aromatic rings. The Kier molecular flexibility index (Phi) is 5.11. The van der Waals surface area contributed by atoms with Crippen LogP contribution in [0.25, 0.3) is 0 Å². The maximum atomic E-state index is 14.1. The average molecular weight is 333 g/mol. The van der Waals surface area contributed by atoms with Crippen molar-refractivity contribution in [2.45, 2.75) is 46.2 Å². The topological polar surface area (TPSA) is 66.4 Å². The second-order valence-corrected chi connectivity index (χ2v) is 7.06.